The Balaban J connectivity index is 2.37. The molecule has 96 valence electrons. The van der Waals surface area contributed by atoms with Crippen LogP contribution in [0.4, 0.5) is 14.7 Å². The number of imidazole rings is 1. The Morgan fingerprint density at radius 1 is 1.05 bits per heavy atom. The number of hydrogen-bond acceptors (Lipinski definition) is 2. The standard InChI is InChI=1S/C13H8F2IN3/c14-9-5-6-10-12(11(9)15)19(13(17)18-10)8-3-1-7(16)2-4-8/h1-6H,(H2,17,18). The van der Waals surface area contributed by atoms with E-state index in [-0.39, 0.29) is 11.5 Å². The predicted octanol–water partition coefficient (Wildman–Crippen LogP) is 3.49. The molecule has 0 amide bonds. The van der Waals surface area contributed by atoms with Gasteiger partial charge in [0, 0.05) is 9.26 Å². The lowest BCUT2D eigenvalue weighted by atomic mass is 10.2. The van der Waals surface area contributed by atoms with Gasteiger partial charge < -0.3 is 5.73 Å². The lowest BCUT2D eigenvalue weighted by Gasteiger charge is -2.07. The SMILES string of the molecule is Nc1nc2ccc(F)c(F)c2n1-c1ccc(I)cc1. The Labute approximate surface area is 121 Å². The summed E-state index contributed by atoms with van der Waals surface area (Å²) >= 11 is 2.16. The Morgan fingerprint density at radius 2 is 1.74 bits per heavy atom. The third-order valence-electron chi connectivity index (χ3n) is 2.82. The van der Waals surface area contributed by atoms with Crippen molar-refractivity contribution >= 4 is 39.6 Å². The van der Waals surface area contributed by atoms with Crippen LogP contribution >= 0.6 is 22.6 Å². The molecule has 3 nitrogen and oxygen atoms in total. The van der Waals surface area contributed by atoms with Crippen LogP contribution in [0.3, 0.4) is 0 Å². The molecule has 0 fully saturated rings. The van der Waals surface area contributed by atoms with Crippen LogP contribution in [0.5, 0.6) is 0 Å². The molecule has 0 spiro atoms. The largest absolute Gasteiger partial charge is 0.369 e. The molecular weight excluding hydrogens is 363 g/mol. The first-order valence-electron chi connectivity index (χ1n) is 5.46. The highest BCUT2D eigenvalue weighted by Gasteiger charge is 2.16. The molecule has 0 aliphatic heterocycles. The highest BCUT2D eigenvalue weighted by Crippen LogP contribution is 2.27. The lowest BCUT2D eigenvalue weighted by Crippen LogP contribution is -2.02. The van der Waals surface area contributed by atoms with Gasteiger partial charge in [-0.15, -0.1) is 0 Å². The quantitative estimate of drug-likeness (QED) is 0.666. The first-order chi connectivity index (χ1) is 9.08. The Morgan fingerprint density at radius 3 is 2.42 bits per heavy atom. The van der Waals surface area contributed by atoms with Gasteiger partial charge in [-0.1, -0.05) is 0 Å². The van der Waals surface area contributed by atoms with Crippen molar-refractivity contribution < 1.29 is 8.78 Å². The van der Waals surface area contributed by atoms with Gasteiger partial charge in [0.25, 0.3) is 0 Å². The van der Waals surface area contributed by atoms with Gasteiger partial charge in [0.1, 0.15) is 5.52 Å². The Kier molecular flexibility index (Phi) is 2.89. The predicted molar refractivity (Wildman–Crippen MR) is 78.1 cm³/mol. The zero-order valence-electron chi connectivity index (χ0n) is 9.57. The van der Waals surface area contributed by atoms with Crippen LogP contribution in [0.2, 0.25) is 0 Å². The average molecular weight is 371 g/mol. The van der Waals surface area contributed by atoms with Crippen molar-refractivity contribution in [3.05, 3.63) is 51.6 Å². The molecule has 0 bridgehead atoms. The van der Waals surface area contributed by atoms with Crippen LogP contribution in [-0.4, -0.2) is 9.55 Å². The van der Waals surface area contributed by atoms with Crippen molar-refractivity contribution in [1.82, 2.24) is 9.55 Å². The fraction of sp³-hybridized carbons (Fsp3) is 0. The van der Waals surface area contributed by atoms with E-state index in [1.165, 1.54) is 10.6 Å². The van der Waals surface area contributed by atoms with E-state index in [1.54, 1.807) is 12.1 Å². The summed E-state index contributed by atoms with van der Waals surface area (Å²) in [6.07, 6.45) is 0. The molecule has 0 saturated carbocycles. The molecule has 3 aromatic rings. The molecule has 2 aromatic carbocycles. The molecule has 19 heavy (non-hydrogen) atoms. The van der Waals surface area contributed by atoms with Crippen LogP contribution in [-0.2, 0) is 0 Å². The second-order valence-electron chi connectivity index (χ2n) is 4.01. The monoisotopic (exact) mass is 371 g/mol. The number of anilines is 1. The molecule has 3 rings (SSSR count). The zero-order valence-corrected chi connectivity index (χ0v) is 11.7. The summed E-state index contributed by atoms with van der Waals surface area (Å²) in [4.78, 5) is 4.05. The minimum Gasteiger partial charge on any atom is -0.369 e. The third-order valence-corrected chi connectivity index (χ3v) is 3.54. The van der Waals surface area contributed by atoms with E-state index in [4.69, 9.17) is 5.73 Å². The number of fused-ring (bicyclic) bond motifs is 1. The van der Waals surface area contributed by atoms with Crippen molar-refractivity contribution in [2.45, 2.75) is 0 Å². The van der Waals surface area contributed by atoms with E-state index >= 15 is 0 Å². The molecule has 0 saturated heterocycles. The second-order valence-corrected chi connectivity index (χ2v) is 5.26. The molecule has 0 aliphatic rings. The lowest BCUT2D eigenvalue weighted by molar-refractivity contribution is 0.514. The maximum Gasteiger partial charge on any atom is 0.206 e. The van der Waals surface area contributed by atoms with Crippen molar-refractivity contribution in [3.63, 3.8) is 0 Å². The van der Waals surface area contributed by atoms with Crippen LogP contribution in [0.1, 0.15) is 0 Å². The maximum atomic E-state index is 13.9. The van der Waals surface area contributed by atoms with Gasteiger partial charge in [-0.05, 0) is 59.0 Å². The van der Waals surface area contributed by atoms with Crippen molar-refractivity contribution in [3.8, 4) is 5.69 Å². The van der Waals surface area contributed by atoms with Crippen molar-refractivity contribution in [2.24, 2.45) is 0 Å². The number of halogens is 3. The minimum atomic E-state index is -0.944. The summed E-state index contributed by atoms with van der Waals surface area (Å²) < 4.78 is 29.7. The van der Waals surface area contributed by atoms with Crippen molar-refractivity contribution in [2.75, 3.05) is 5.73 Å². The number of benzene rings is 2. The molecule has 1 heterocycles. The highest BCUT2D eigenvalue weighted by molar-refractivity contribution is 14.1. The number of rotatable bonds is 1. The minimum absolute atomic E-state index is 0.0544. The topological polar surface area (TPSA) is 43.8 Å². The number of aromatic nitrogens is 2. The first-order valence-corrected chi connectivity index (χ1v) is 6.53. The summed E-state index contributed by atoms with van der Waals surface area (Å²) in [5, 5.41) is 0. The second kappa shape index (κ2) is 4.44. The van der Waals surface area contributed by atoms with E-state index in [1.807, 2.05) is 12.1 Å². The third kappa shape index (κ3) is 1.95. The maximum absolute atomic E-state index is 13.9. The van der Waals surface area contributed by atoms with E-state index in [0.29, 0.717) is 11.2 Å². The Hall–Kier alpha value is -1.70. The average Bonchev–Trinajstić information content (AvgIpc) is 2.72. The van der Waals surface area contributed by atoms with Gasteiger partial charge in [0.15, 0.2) is 11.6 Å². The zero-order chi connectivity index (χ0) is 13.6. The number of nitrogen functional groups attached to an aromatic ring is 1. The fourth-order valence-electron chi connectivity index (χ4n) is 1.97. The molecular formula is C13H8F2IN3. The van der Waals surface area contributed by atoms with E-state index in [2.05, 4.69) is 27.6 Å². The van der Waals surface area contributed by atoms with E-state index in [9.17, 15) is 8.78 Å². The van der Waals surface area contributed by atoms with Gasteiger partial charge in [-0.2, -0.15) is 0 Å². The van der Waals surface area contributed by atoms with Crippen LogP contribution in [0, 0.1) is 15.2 Å². The van der Waals surface area contributed by atoms with Gasteiger partial charge in [-0.25, -0.2) is 13.8 Å². The Bertz CT molecular complexity index is 766. The molecule has 6 heteroatoms. The molecule has 0 aliphatic carbocycles. The molecule has 1 aromatic heterocycles. The molecule has 0 unspecified atom stereocenters. The molecule has 0 radical (unpaired) electrons. The first kappa shape index (κ1) is 12.3. The van der Waals surface area contributed by atoms with Crippen LogP contribution in [0.25, 0.3) is 16.7 Å². The summed E-state index contributed by atoms with van der Waals surface area (Å²) in [7, 11) is 0. The summed E-state index contributed by atoms with van der Waals surface area (Å²) in [5.74, 6) is -1.74. The van der Waals surface area contributed by atoms with Gasteiger partial charge in [-0.3, -0.25) is 4.57 Å². The van der Waals surface area contributed by atoms with E-state index in [0.717, 1.165) is 9.64 Å². The fourth-order valence-corrected chi connectivity index (χ4v) is 2.33. The van der Waals surface area contributed by atoms with E-state index < -0.39 is 11.6 Å². The van der Waals surface area contributed by atoms with Crippen molar-refractivity contribution in [1.29, 1.82) is 0 Å². The summed E-state index contributed by atoms with van der Waals surface area (Å²) in [5.41, 5.74) is 6.83. The van der Waals surface area contributed by atoms with Gasteiger partial charge in [0.05, 0.1) is 5.52 Å². The number of nitrogens with two attached hydrogens (primary N) is 1. The smallest absolute Gasteiger partial charge is 0.206 e. The number of nitrogens with zero attached hydrogens (tertiary/aromatic N) is 2. The van der Waals surface area contributed by atoms with Gasteiger partial charge in [0.2, 0.25) is 5.95 Å². The summed E-state index contributed by atoms with van der Waals surface area (Å²) in [6, 6.07) is 9.74. The number of hydrogen-bond donors (Lipinski definition) is 1. The highest BCUT2D eigenvalue weighted by atomic mass is 127. The van der Waals surface area contributed by atoms with Crippen LogP contribution in [0.15, 0.2) is 36.4 Å². The van der Waals surface area contributed by atoms with Crippen LogP contribution < -0.4 is 5.73 Å². The molecule has 0 atom stereocenters. The van der Waals surface area contributed by atoms with Gasteiger partial charge >= 0.3 is 0 Å². The summed E-state index contributed by atoms with van der Waals surface area (Å²) in [6.45, 7) is 0. The molecule has 2 N–H and O–H groups in total. The normalized spacial score (nSPS) is 11.1.